The number of pyridine rings is 2. The molecule has 40 heavy (non-hydrogen) atoms. The second-order valence-electron chi connectivity index (χ2n) is 10.7. The van der Waals surface area contributed by atoms with E-state index in [0.29, 0.717) is 25.3 Å². The lowest BCUT2D eigenvalue weighted by atomic mass is 10.0. The summed E-state index contributed by atoms with van der Waals surface area (Å²) in [4.78, 5) is 13.4. The zero-order valence-corrected chi connectivity index (χ0v) is 22.5. The zero-order valence-electron chi connectivity index (χ0n) is 22.5. The summed E-state index contributed by atoms with van der Waals surface area (Å²) in [5.74, 6) is -2.55. The van der Waals surface area contributed by atoms with Crippen LogP contribution in [0.1, 0.15) is 42.6 Å². The number of hydrogen-bond acceptors (Lipinski definition) is 6. The van der Waals surface area contributed by atoms with Crippen LogP contribution in [0.25, 0.3) is 33.4 Å². The third-order valence-corrected chi connectivity index (χ3v) is 7.81. The van der Waals surface area contributed by atoms with Crippen LogP contribution in [0, 0.1) is 0 Å². The van der Waals surface area contributed by atoms with Gasteiger partial charge in [-0.05, 0) is 54.3 Å². The third-order valence-electron chi connectivity index (χ3n) is 7.81. The Morgan fingerprint density at radius 2 is 1.75 bits per heavy atom. The molecule has 0 aliphatic carbocycles. The van der Waals surface area contributed by atoms with E-state index in [2.05, 4.69) is 60.6 Å². The van der Waals surface area contributed by atoms with E-state index < -0.39 is 5.92 Å². The maximum absolute atomic E-state index is 13.5. The summed E-state index contributed by atoms with van der Waals surface area (Å²) < 4.78 is 27.1. The molecule has 0 amide bonds. The standard InChI is InChI=1S/C31H33F2N7/c1-21(36-26-6-8-28(35-19-26)22(2)40-11-3-4-12-40)30-27-16-24(5-7-29(27)37-38-30)25-15-23(17-34-18-25)20-39-13-9-31(32,33)10-14-39/h5-8,15-19,36H,1-4,9-14,20H2,(H,37,38). The number of benzene rings is 1. The first-order valence-electron chi connectivity index (χ1n) is 13.7. The van der Waals surface area contributed by atoms with Crippen molar-refractivity contribution in [1.29, 1.82) is 0 Å². The first-order valence-corrected chi connectivity index (χ1v) is 13.7. The van der Waals surface area contributed by atoms with Crippen LogP contribution in [-0.4, -0.2) is 62.1 Å². The molecule has 0 spiro atoms. The minimum atomic E-state index is -2.55. The van der Waals surface area contributed by atoms with E-state index in [9.17, 15) is 8.78 Å². The summed E-state index contributed by atoms with van der Waals surface area (Å²) in [5.41, 5.74) is 7.90. The van der Waals surface area contributed by atoms with Crippen LogP contribution >= 0.6 is 0 Å². The number of aromatic nitrogens is 4. The van der Waals surface area contributed by atoms with E-state index in [0.717, 1.165) is 63.5 Å². The normalized spacial score (nSPS) is 17.3. The van der Waals surface area contributed by atoms with Gasteiger partial charge in [-0.15, -0.1) is 0 Å². The Balaban J connectivity index is 1.17. The molecule has 0 bridgehead atoms. The quantitative estimate of drug-likeness (QED) is 0.269. The number of halogens is 2. The summed E-state index contributed by atoms with van der Waals surface area (Å²) in [5, 5.41) is 11.9. The van der Waals surface area contributed by atoms with Crippen molar-refractivity contribution in [2.45, 2.75) is 38.2 Å². The van der Waals surface area contributed by atoms with Gasteiger partial charge in [0, 0.05) is 68.9 Å². The minimum Gasteiger partial charge on any atom is -0.370 e. The highest BCUT2D eigenvalue weighted by atomic mass is 19.3. The molecule has 4 aromatic rings. The molecule has 2 aliphatic heterocycles. The number of hydrogen-bond donors (Lipinski definition) is 2. The molecular formula is C31H33F2N7. The van der Waals surface area contributed by atoms with Crippen molar-refractivity contribution < 1.29 is 8.78 Å². The number of nitrogens with one attached hydrogen (secondary N) is 2. The van der Waals surface area contributed by atoms with Crippen LogP contribution in [0.3, 0.4) is 0 Å². The molecule has 7 nitrogen and oxygen atoms in total. The summed E-state index contributed by atoms with van der Waals surface area (Å²) in [6.07, 6.45) is 7.64. The Kier molecular flexibility index (Phi) is 7.06. The highest BCUT2D eigenvalue weighted by Crippen LogP contribution is 2.31. The van der Waals surface area contributed by atoms with Gasteiger partial charge in [0.1, 0.15) is 5.69 Å². The van der Waals surface area contributed by atoms with E-state index in [4.69, 9.17) is 0 Å². The lowest BCUT2D eigenvalue weighted by Gasteiger charge is -2.31. The van der Waals surface area contributed by atoms with Crippen molar-refractivity contribution in [2.24, 2.45) is 0 Å². The number of nitrogens with zero attached hydrogens (tertiary/aromatic N) is 5. The van der Waals surface area contributed by atoms with Gasteiger partial charge in [-0.3, -0.25) is 20.0 Å². The van der Waals surface area contributed by atoms with Gasteiger partial charge in [-0.2, -0.15) is 5.10 Å². The molecule has 5 heterocycles. The fourth-order valence-corrected chi connectivity index (χ4v) is 5.47. The van der Waals surface area contributed by atoms with Crippen molar-refractivity contribution >= 4 is 28.0 Å². The number of alkyl halides is 2. The van der Waals surface area contributed by atoms with Crippen molar-refractivity contribution in [2.75, 3.05) is 31.5 Å². The average Bonchev–Trinajstić information content (AvgIpc) is 3.65. The van der Waals surface area contributed by atoms with Crippen molar-refractivity contribution in [3.63, 3.8) is 0 Å². The summed E-state index contributed by atoms with van der Waals surface area (Å²) in [6.45, 7) is 11.9. The number of fused-ring (bicyclic) bond motifs is 1. The van der Waals surface area contributed by atoms with Gasteiger partial charge in [0.15, 0.2) is 0 Å². The molecule has 2 saturated heterocycles. The molecular weight excluding hydrogens is 508 g/mol. The minimum absolute atomic E-state index is 0.0912. The van der Waals surface area contributed by atoms with Gasteiger partial charge in [-0.1, -0.05) is 19.2 Å². The van der Waals surface area contributed by atoms with Crippen LogP contribution in [0.4, 0.5) is 14.5 Å². The molecule has 3 aromatic heterocycles. The number of piperidine rings is 1. The van der Waals surface area contributed by atoms with E-state index in [1.165, 1.54) is 12.8 Å². The highest BCUT2D eigenvalue weighted by molar-refractivity contribution is 5.95. The molecule has 6 rings (SSSR count). The molecule has 9 heteroatoms. The molecule has 0 saturated carbocycles. The predicted octanol–water partition coefficient (Wildman–Crippen LogP) is 6.40. The van der Waals surface area contributed by atoms with Crippen LogP contribution in [0.2, 0.25) is 0 Å². The second kappa shape index (κ2) is 10.8. The van der Waals surface area contributed by atoms with E-state index in [-0.39, 0.29) is 12.8 Å². The average molecular weight is 542 g/mol. The van der Waals surface area contributed by atoms with Gasteiger partial charge in [-0.25, -0.2) is 8.78 Å². The largest absolute Gasteiger partial charge is 0.370 e. The number of anilines is 1. The van der Waals surface area contributed by atoms with E-state index in [1.807, 2.05) is 36.7 Å². The first-order chi connectivity index (χ1) is 19.3. The van der Waals surface area contributed by atoms with Crippen LogP contribution in [-0.2, 0) is 6.54 Å². The smallest absolute Gasteiger partial charge is 0.250 e. The summed E-state index contributed by atoms with van der Waals surface area (Å²) in [7, 11) is 0. The number of H-pyrrole nitrogens is 1. The fourth-order valence-electron chi connectivity index (χ4n) is 5.47. The second-order valence-corrected chi connectivity index (χ2v) is 10.7. The molecule has 2 aliphatic rings. The Hall–Kier alpha value is -4.11. The van der Waals surface area contributed by atoms with Gasteiger partial charge >= 0.3 is 0 Å². The fraction of sp³-hybridized carbons (Fsp3) is 0.323. The zero-order chi connectivity index (χ0) is 27.7. The highest BCUT2D eigenvalue weighted by Gasteiger charge is 2.33. The van der Waals surface area contributed by atoms with Crippen LogP contribution < -0.4 is 5.32 Å². The van der Waals surface area contributed by atoms with Gasteiger partial charge in [0.2, 0.25) is 0 Å². The molecule has 2 N–H and O–H groups in total. The Bertz CT molecular complexity index is 1530. The van der Waals surface area contributed by atoms with Crippen LogP contribution in [0.5, 0.6) is 0 Å². The topological polar surface area (TPSA) is 73.0 Å². The van der Waals surface area contributed by atoms with E-state index >= 15 is 0 Å². The Morgan fingerprint density at radius 1 is 0.950 bits per heavy atom. The lowest BCUT2D eigenvalue weighted by molar-refractivity contribution is -0.0566. The summed E-state index contributed by atoms with van der Waals surface area (Å²) in [6, 6.07) is 12.1. The molecule has 0 atom stereocenters. The monoisotopic (exact) mass is 541 g/mol. The number of likely N-dealkylation sites (tertiary alicyclic amines) is 2. The molecule has 2 fully saturated rings. The third kappa shape index (κ3) is 5.60. The van der Waals surface area contributed by atoms with Crippen molar-refractivity contribution in [3.8, 4) is 11.1 Å². The Labute approximate surface area is 232 Å². The van der Waals surface area contributed by atoms with Gasteiger partial charge in [0.25, 0.3) is 5.92 Å². The first kappa shape index (κ1) is 26.1. The molecule has 0 radical (unpaired) electrons. The Morgan fingerprint density at radius 3 is 2.50 bits per heavy atom. The van der Waals surface area contributed by atoms with Crippen molar-refractivity contribution in [3.05, 3.63) is 85.1 Å². The van der Waals surface area contributed by atoms with Crippen LogP contribution in [0.15, 0.2) is 68.1 Å². The van der Waals surface area contributed by atoms with Gasteiger partial charge in [0.05, 0.1) is 34.5 Å². The van der Waals surface area contributed by atoms with E-state index in [1.54, 1.807) is 6.20 Å². The molecule has 206 valence electrons. The maximum atomic E-state index is 13.5. The van der Waals surface area contributed by atoms with Crippen molar-refractivity contribution in [1.82, 2.24) is 30.0 Å². The maximum Gasteiger partial charge on any atom is 0.250 e. The molecule has 0 unspecified atom stereocenters. The number of aromatic amines is 1. The number of rotatable bonds is 8. The van der Waals surface area contributed by atoms with Gasteiger partial charge < -0.3 is 10.2 Å². The SMILES string of the molecule is C=C(Nc1ccc(C(=C)N2CCCC2)nc1)c1n[nH]c2ccc(-c3cncc(CN4CCC(F)(F)CC4)c3)cc12. The summed E-state index contributed by atoms with van der Waals surface area (Å²) >= 11 is 0. The lowest BCUT2D eigenvalue weighted by Crippen LogP contribution is -2.38. The predicted molar refractivity (Wildman–Crippen MR) is 156 cm³/mol. The molecule has 1 aromatic carbocycles.